The lowest BCUT2D eigenvalue weighted by Gasteiger charge is -2.03. The van der Waals surface area contributed by atoms with Gasteiger partial charge in [-0.3, -0.25) is 0 Å². The summed E-state index contributed by atoms with van der Waals surface area (Å²) in [5, 5.41) is 4.05. The number of benzene rings is 1. The molecule has 0 saturated carbocycles. The number of nitrogens with zero attached hydrogens (tertiary/aromatic N) is 1. The van der Waals surface area contributed by atoms with E-state index in [9.17, 15) is 4.39 Å². The molecule has 0 aliphatic heterocycles. The molecule has 0 fully saturated rings. The molecule has 2 aromatic rings. The maximum absolute atomic E-state index is 13.5. The van der Waals surface area contributed by atoms with Crippen LogP contribution < -0.4 is 5.32 Å². The summed E-state index contributed by atoms with van der Waals surface area (Å²) in [7, 11) is 1.93. The van der Waals surface area contributed by atoms with E-state index in [1.165, 1.54) is 17.0 Å². The van der Waals surface area contributed by atoms with Crippen molar-refractivity contribution >= 4 is 27.3 Å². The van der Waals surface area contributed by atoms with Gasteiger partial charge in [-0.1, -0.05) is 29.8 Å². The van der Waals surface area contributed by atoms with Crippen molar-refractivity contribution < 1.29 is 4.39 Å². The summed E-state index contributed by atoms with van der Waals surface area (Å²) in [6, 6.07) is 4.90. The van der Waals surface area contributed by atoms with Crippen LogP contribution in [0, 0.1) is 11.7 Å². The number of rotatable bonds is 5. The fourth-order valence-corrected chi connectivity index (χ4v) is 3.58. The molecule has 0 atom stereocenters. The quantitative estimate of drug-likeness (QED) is 0.844. The fourth-order valence-electron chi connectivity index (χ4n) is 2.03. The second-order valence-electron chi connectivity index (χ2n) is 5.18. The van der Waals surface area contributed by atoms with Crippen LogP contribution in [0.4, 0.5) is 4.39 Å². The molecule has 0 amide bonds. The van der Waals surface area contributed by atoms with Gasteiger partial charge >= 0.3 is 0 Å². The minimum absolute atomic E-state index is 0.245. The average Bonchev–Trinajstić information content (AvgIpc) is 2.71. The fraction of sp³-hybridized carbons (Fsp3) is 0.400. The van der Waals surface area contributed by atoms with E-state index in [1.54, 1.807) is 11.3 Å². The topological polar surface area (TPSA) is 24.9 Å². The smallest absolute Gasteiger partial charge is 0.125 e. The van der Waals surface area contributed by atoms with Gasteiger partial charge in [0.1, 0.15) is 10.8 Å². The number of halogens is 2. The number of hydrogen-bond donors (Lipinski definition) is 1. The average molecular weight is 357 g/mol. The lowest BCUT2D eigenvalue weighted by molar-refractivity contribution is 0.626. The Morgan fingerprint density at radius 2 is 2.10 bits per heavy atom. The molecule has 1 heterocycles. The maximum Gasteiger partial charge on any atom is 0.125 e. The van der Waals surface area contributed by atoms with Gasteiger partial charge < -0.3 is 5.32 Å². The Labute approximate surface area is 131 Å². The minimum atomic E-state index is -0.245. The van der Waals surface area contributed by atoms with E-state index in [0.29, 0.717) is 5.92 Å². The van der Waals surface area contributed by atoms with E-state index < -0.39 is 0 Å². The van der Waals surface area contributed by atoms with Crippen LogP contribution in [0.25, 0.3) is 10.6 Å². The lowest BCUT2D eigenvalue weighted by atomic mass is 10.1. The van der Waals surface area contributed by atoms with Crippen molar-refractivity contribution in [2.45, 2.75) is 26.8 Å². The largest absolute Gasteiger partial charge is 0.315 e. The number of aromatic nitrogens is 1. The van der Waals surface area contributed by atoms with E-state index in [0.717, 1.165) is 33.7 Å². The number of thiazole rings is 1. The zero-order chi connectivity index (χ0) is 14.7. The number of hydrogen-bond acceptors (Lipinski definition) is 3. The molecule has 1 aromatic carbocycles. The first-order valence-corrected chi connectivity index (χ1v) is 8.20. The molecule has 2 rings (SSSR count). The van der Waals surface area contributed by atoms with Gasteiger partial charge in [0, 0.05) is 21.5 Å². The molecule has 5 heteroatoms. The molecule has 0 aliphatic rings. The summed E-state index contributed by atoms with van der Waals surface area (Å²) < 4.78 is 14.3. The number of nitrogens with one attached hydrogen (secondary N) is 1. The highest BCUT2D eigenvalue weighted by Gasteiger charge is 2.14. The summed E-state index contributed by atoms with van der Waals surface area (Å²) in [4.78, 5) is 5.95. The van der Waals surface area contributed by atoms with Gasteiger partial charge in [-0.2, -0.15) is 0 Å². The first-order valence-electron chi connectivity index (χ1n) is 6.59. The van der Waals surface area contributed by atoms with E-state index in [2.05, 4.69) is 35.1 Å². The van der Waals surface area contributed by atoms with Crippen LogP contribution in [-0.4, -0.2) is 12.0 Å². The highest BCUT2D eigenvalue weighted by molar-refractivity contribution is 9.10. The van der Waals surface area contributed by atoms with Crippen molar-refractivity contribution in [3.8, 4) is 10.6 Å². The first kappa shape index (κ1) is 15.6. The van der Waals surface area contributed by atoms with Crippen molar-refractivity contribution in [3.05, 3.63) is 39.1 Å². The third-order valence-corrected chi connectivity index (χ3v) is 4.43. The van der Waals surface area contributed by atoms with Crippen LogP contribution in [0.1, 0.15) is 24.4 Å². The molecule has 0 unspecified atom stereocenters. The molecular weight excluding hydrogens is 339 g/mol. The van der Waals surface area contributed by atoms with Crippen LogP contribution in [0.2, 0.25) is 0 Å². The normalized spacial score (nSPS) is 11.3. The Bertz CT molecular complexity index is 575. The Balaban J connectivity index is 2.41. The summed E-state index contributed by atoms with van der Waals surface area (Å²) in [6.45, 7) is 5.16. The van der Waals surface area contributed by atoms with E-state index >= 15 is 0 Å². The van der Waals surface area contributed by atoms with Crippen molar-refractivity contribution in [3.63, 3.8) is 0 Å². The van der Waals surface area contributed by atoms with Crippen molar-refractivity contribution in [1.82, 2.24) is 10.3 Å². The predicted octanol–water partition coefficient (Wildman–Crippen LogP) is 4.63. The molecule has 1 aromatic heterocycles. The summed E-state index contributed by atoms with van der Waals surface area (Å²) in [6.07, 6.45) is 0.948. The standard InChI is InChI=1S/C15H18BrFN2S/c1-9(2)4-13-14(8-18-3)20-15(19-13)10-5-11(16)7-12(17)6-10/h5-7,9,18H,4,8H2,1-3H3. The highest BCUT2D eigenvalue weighted by atomic mass is 79.9. The molecule has 0 bridgehead atoms. The van der Waals surface area contributed by atoms with E-state index in [4.69, 9.17) is 4.98 Å². The Morgan fingerprint density at radius 3 is 2.70 bits per heavy atom. The Kier molecular flexibility index (Phi) is 5.29. The Hall–Kier alpha value is -0.780. The van der Waals surface area contributed by atoms with Gasteiger partial charge in [0.25, 0.3) is 0 Å². The van der Waals surface area contributed by atoms with E-state index in [1.807, 2.05) is 13.1 Å². The molecular formula is C15H18BrFN2S. The molecule has 0 radical (unpaired) electrons. The zero-order valence-electron chi connectivity index (χ0n) is 11.8. The SMILES string of the molecule is CNCc1sc(-c2cc(F)cc(Br)c2)nc1CC(C)C. The van der Waals surface area contributed by atoms with Crippen LogP contribution in [0.3, 0.4) is 0 Å². The van der Waals surface area contributed by atoms with Gasteiger partial charge in [0.2, 0.25) is 0 Å². The highest BCUT2D eigenvalue weighted by Crippen LogP contribution is 2.31. The molecule has 1 N–H and O–H groups in total. The zero-order valence-corrected chi connectivity index (χ0v) is 14.2. The van der Waals surface area contributed by atoms with Crippen LogP contribution in [0.15, 0.2) is 22.7 Å². The molecule has 0 aliphatic carbocycles. The van der Waals surface area contributed by atoms with Crippen LogP contribution >= 0.6 is 27.3 Å². The second kappa shape index (κ2) is 6.78. The third kappa shape index (κ3) is 3.87. The van der Waals surface area contributed by atoms with Gasteiger partial charge in [-0.25, -0.2) is 9.37 Å². The van der Waals surface area contributed by atoms with Crippen LogP contribution in [0.5, 0.6) is 0 Å². The lowest BCUT2D eigenvalue weighted by Crippen LogP contribution is -2.07. The van der Waals surface area contributed by atoms with E-state index in [-0.39, 0.29) is 5.82 Å². The first-order chi connectivity index (χ1) is 9.49. The monoisotopic (exact) mass is 356 g/mol. The molecule has 108 valence electrons. The van der Waals surface area contributed by atoms with Crippen molar-refractivity contribution in [2.24, 2.45) is 5.92 Å². The third-order valence-electron chi connectivity index (χ3n) is 2.83. The second-order valence-corrected chi connectivity index (χ2v) is 7.17. The molecule has 0 saturated heterocycles. The summed E-state index contributed by atoms with van der Waals surface area (Å²) in [5.41, 5.74) is 1.95. The Morgan fingerprint density at radius 1 is 1.35 bits per heavy atom. The van der Waals surface area contributed by atoms with Gasteiger partial charge in [-0.05, 0) is 37.6 Å². The molecule has 0 spiro atoms. The molecule has 2 nitrogen and oxygen atoms in total. The predicted molar refractivity (Wildman–Crippen MR) is 86.5 cm³/mol. The van der Waals surface area contributed by atoms with Crippen molar-refractivity contribution in [2.75, 3.05) is 7.05 Å². The van der Waals surface area contributed by atoms with Crippen molar-refractivity contribution in [1.29, 1.82) is 0 Å². The van der Waals surface area contributed by atoms with Gasteiger partial charge in [0.15, 0.2) is 0 Å². The minimum Gasteiger partial charge on any atom is -0.315 e. The summed E-state index contributed by atoms with van der Waals surface area (Å²) >= 11 is 4.97. The summed E-state index contributed by atoms with van der Waals surface area (Å²) in [5.74, 6) is 0.310. The molecule has 20 heavy (non-hydrogen) atoms. The van der Waals surface area contributed by atoms with Gasteiger partial charge in [-0.15, -0.1) is 11.3 Å². The van der Waals surface area contributed by atoms with Crippen LogP contribution in [-0.2, 0) is 13.0 Å². The van der Waals surface area contributed by atoms with Gasteiger partial charge in [0.05, 0.1) is 5.69 Å². The maximum atomic E-state index is 13.5.